The summed E-state index contributed by atoms with van der Waals surface area (Å²) in [4.78, 5) is 29.8. The van der Waals surface area contributed by atoms with Gasteiger partial charge in [0.15, 0.2) is 23.3 Å². The first-order chi connectivity index (χ1) is 53.5. The maximum atomic E-state index is 5.05. The minimum absolute atomic E-state index is 0.668. The fourth-order valence-electron chi connectivity index (χ4n) is 15.4. The van der Waals surface area contributed by atoms with E-state index >= 15 is 0 Å². The summed E-state index contributed by atoms with van der Waals surface area (Å²) >= 11 is 0. The second kappa shape index (κ2) is 28.3. The van der Waals surface area contributed by atoms with E-state index < -0.39 is 0 Å². The largest absolute Gasteiger partial charge is 0.248 e. The monoisotopic (exact) mass is 1370 g/mol. The highest BCUT2D eigenvalue weighted by Crippen LogP contribution is 2.42. The van der Waals surface area contributed by atoms with Crippen molar-refractivity contribution in [3.63, 3.8) is 0 Å². The number of fused-ring (bicyclic) bond motifs is 18. The maximum Gasteiger partial charge on any atom is 0.164 e. The molecule has 504 valence electrons. The molecular weight excluding hydrogens is 1310 g/mol. The van der Waals surface area contributed by atoms with Crippen molar-refractivity contribution in [1.82, 2.24) is 29.9 Å². The van der Waals surface area contributed by atoms with Crippen LogP contribution in [0.25, 0.3) is 199 Å². The van der Waals surface area contributed by atoms with Gasteiger partial charge in [0.25, 0.3) is 0 Å². The lowest BCUT2D eigenvalue weighted by molar-refractivity contribution is 1.07. The molecule has 18 aromatic carbocycles. The molecule has 21 aromatic rings. The molecule has 0 atom stereocenters. The summed E-state index contributed by atoms with van der Waals surface area (Å²) in [6.07, 6.45) is 0. The van der Waals surface area contributed by atoms with Gasteiger partial charge >= 0.3 is 0 Å². The predicted molar refractivity (Wildman–Crippen MR) is 453 cm³/mol. The molecule has 0 saturated heterocycles. The number of benzene rings is 18. The summed E-state index contributed by atoms with van der Waals surface area (Å²) < 4.78 is 0. The molecule has 0 aliphatic rings. The van der Waals surface area contributed by atoms with Gasteiger partial charge in [-0.1, -0.05) is 364 Å². The topological polar surface area (TPSA) is 77.3 Å². The highest BCUT2D eigenvalue weighted by Gasteiger charge is 2.19. The molecule has 0 N–H and O–H groups in total. The van der Waals surface area contributed by atoms with Crippen molar-refractivity contribution < 1.29 is 0 Å². The molecule has 3 aromatic heterocycles. The molecule has 0 amide bonds. The van der Waals surface area contributed by atoms with Crippen molar-refractivity contribution in [3.8, 4) is 102 Å². The zero-order valence-electron chi connectivity index (χ0n) is 58.8. The minimum atomic E-state index is 0.668. The predicted octanol–water partition coefficient (Wildman–Crippen LogP) is 26.8. The SMILES string of the molecule is c1ccc(-c2cc(-c3ccc4c5ccccc5c5ccccc5c4c3)cc(-c3ccccc3)n2)cc1.c1ccc(-c2cc(-c3ccccc3)nc(-c3ccc4c5ccccc5c5ccccc5c4c3)n2)cc1.c1ccc(-c2nc(-c3ccccc3)nc(-c3ccc4c5ccccc5c5ccccc5c4c3)n2)cc1. The first kappa shape index (κ1) is 64.4. The van der Waals surface area contributed by atoms with Gasteiger partial charge in [-0.2, -0.15) is 0 Å². The van der Waals surface area contributed by atoms with Gasteiger partial charge in [-0.05, 0) is 144 Å². The maximum absolute atomic E-state index is 5.05. The fraction of sp³-hybridized carbons (Fsp3) is 0. The molecular formula is C102H66N6. The second-order valence-electron chi connectivity index (χ2n) is 27.1. The lowest BCUT2D eigenvalue weighted by Gasteiger charge is -2.13. The van der Waals surface area contributed by atoms with Crippen molar-refractivity contribution in [2.24, 2.45) is 0 Å². The summed E-state index contributed by atoms with van der Waals surface area (Å²) in [5.41, 5.74) is 14.5. The number of hydrogen-bond acceptors (Lipinski definition) is 6. The van der Waals surface area contributed by atoms with Gasteiger partial charge in [0, 0.05) is 44.5 Å². The van der Waals surface area contributed by atoms with Crippen molar-refractivity contribution >= 4 is 97.0 Å². The molecule has 0 aliphatic carbocycles. The highest BCUT2D eigenvalue weighted by atomic mass is 15.0. The Kier molecular flexibility index (Phi) is 16.9. The quantitative estimate of drug-likeness (QED) is 0.134. The second-order valence-corrected chi connectivity index (χ2v) is 27.1. The van der Waals surface area contributed by atoms with Gasteiger partial charge in [0.1, 0.15) is 0 Å². The van der Waals surface area contributed by atoms with Crippen LogP contribution in [0.15, 0.2) is 400 Å². The Morgan fingerprint density at radius 3 is 0.574 bits per heavy atom. The van der Waals surface area contributed by atoms with E-state index in [1.165, 1.54) is 108 Å². The third-order valence-electron chi connectivity index (χ3n) is 20.6. The van der Waals surface area contributed by atoms with E-state index in [-0.39, 0.29) is 0 Å². The Morgan fingerprint density at radius 2 is 0.296 bits per heavy atom. The van der Waals surface area contributed by atoms with E-state index in [2.05, 4.69) is 291 Å². The molecule has 0 bridgehead atoms. The highest BCUT2D eigenvalue weighted by molar-refractivity contribution is 6.28. The van der Waals surface area contributed by atoms with Crippen LogP contribution in [0.4, 0.5) is 0 Å². The van der Waals surface area contributed by atoms with E-state index in [1.807, 2.05) is 109 Å². The molecule has 108 heavy (non-hydrogen) atoms. The van der Waals surface area contributed by atoms with Gasteiger partial charge < -0.3 is 0 Å². The molecule has 0 spiro atoms. The van der Waals surface area contributed by atoms with Crippen LogP contribution in [-0.4, -0.2) is 29.9 Å². The van der Waals surface area contributed by atoms with Gasteiger partial charge in [-0.3, -0.25) is 0 Å². The number of hydrogen-bond donors (Lipinski definition) is 0. The molecule has 0 unspecified atom stereocenters. The zero-order valence-corrected chi connectivity index (χ0v) is 58.8. The van der Waals surface area contributed by atoms with Gasteiger partial charge in [-0.25, -0.2) is 29.9 Å². The van der Waals surface area contributed by atoms with Crippen LogP contribution in [-0.2, 0) is 0 Å². The first-order valence-corrected chi connectivity index (χ1v) is 36.6. The lowest BCUT2D eigenvalue weighted by Crippen LogP contribution is -2.00. The third-order valence-corrected chi connectivity index (χ3v) is 20.6. The molecule has 0 fully saturated rings. The summed E-state index contributed by atoms with van der Waals surface area (Å²) in [6, 6.07) is 140. The van der Waals surface area contributed by atoms with Gasteiger partial charge in [0.2, 0.25) is 0 Å². The Labute approximate surface area is 625 Å². The van der Waals surface area contributed by atoms with E-state index in [4.69, 9.17) is 29.9 Å². The smallest absolute Gasteiger partial charge is 0.164 e. The number of nitrogens with zero attached hydrogens (tertiary/aromatic N) is 6. The number of pyridine rings is 1. The van der Waals surface area contributed by atoms with E-state index in [0.29, 0.717) is 17.5 Å². The van der Waals surface area contributed by atoms with Crippen LogP contribution >= 0.6 is 0 Å². The molecule has 6 heteroatoms. The van der Waals surface area contributed by atoms with Crippen LogP contribution in [0.5, 0.6) is 0 Å². The Balaban J connectivity index is 0.000000110. The molecule has 0 aliphatic heterocycles. The molecule has 3 heterocycles. The fourth-order valence-corrected chi connectivity index (χ4v) is 15.4. The van der Waals surface area contributed by atoms with Crippen LogP contribution in [0.1, 0.15) is 0 Å². The standard InChI is InChI=1S/C35H23N.C34H22N2.C33H21N3/c1-3-11-24(12-4-1)34-22-27(23-35(36-34)25-13-5-2-6-14-25)26-19-20-32-30-17-8-7-15-28(30)29-16-9-10-18-31(29)33(32)21-26;1-3-11-23(12-4-1)32-22-33(24-13-5-2-6-14-24)36-34(35-32)25-19-20-30-28-17-8-7-15-26(28)27-16-9-10-18-29(27)31(30)21-25;1-3-11-22(12-4-1)31-34-32(23-13-5-2-6-14-23)36-33(35-31)24-19-20-29-27-17-8-7-15-25(27)26-16-9-10-18-28(26)30(29)21-24/h1-23H;1-22H;1-21H. The number of rotatable bonds is 9. The molecule has 0 saturated carbocycles. The van der Waals surface area contributed by atoms with Crippen molar-refractivity contribution in [2.45, 2.75) is 0 Å². The van der Waals surface area contributed by atoms with Crippen LogP contribution in [0.2, 0.25) is 0 Å². The van der Waals surface area contributed by atoms with E-state index in [1.54, 1.807) is 0 Å². The Bertz CT molecular complexity index is 6010. The Hall–Kier alpha value is -14.5. The molecule has 21 rings (SSSR count). The van der Waals surface area contributed by atoms with Crippen LogP contribution < -0.4 is 0 Å². The lowest BCUT2D eigenvalue weighted by atomic mass is 9.91. The van der Waals surface area contributed by atoms with Crippen molar-refractivity contribution in [3.05, 3.63) is 400 Å². The summed E-state index contributed by atoms with van der Waals surface area (Å²) in [6.45, 7) is 0. The Morgan fingerprint density at radius 1 is 0.102 bits per heavy atom. The average Bonchev–Trinajstić information content (AvgIpc) is 0.751. The van der Waals surface area contributed by atoms with Crippen LogP contribution in [0, 0.1) is 0 Å². The van der Waals surface area contributed by atoms with Gasteiger partial charge in [-0.15, -0.1) is 0 Å². The zero-order chi connectivity index (χ0) is 71.7. The van der Waals surface area contributed by atoms with E-state index in [9.17, 15) is 0 Å². The van der Waals surface area contributed by atoms with Crippen molar-refractivity contribution in [1.29, 1.82) is 0 Å². The van der Waals surface area contributed by atoms with E-state index in [0.717, 1.165) is 73.1 Å². The van der Waals surface area contributed by atoms with Crippen molar-refractivity contribution in [2.75, 3.05) is 0 Å². The first-order valence-electron chi connectivity index (χ1n) is 36.6. The van der Waals surface area contributed by atoms with Gasteiger partial charge in [0.05, 0.1) is 22.8 Å². The average molecular weight is 1380 g/mol. The third kappa shape index (κ3) is 12.3. The minimum Gasteiger partial charge on any atom is -0.248 e. The molecule has 6 nitrogen and oxygen atoms in total. The summed E-state index contributed by atoms with van der Waals surface area (Å²) in [5, 5.41) is 22.7. The number of aromatic nitrogens is 6. The summed E-state index contributed by atoms with van der Waals surface area (Å²) in [7, 11) is 0. The molecule has 0 radical (unpaired) electrons. The normalized spacial score (nSPS) is 11.3. The van der Waals surface area contributed by atoms with Crippen LogP contribution in [0.3, 0.4) is 0 Å². The summed E-state index contributed by atoms with van der Waals surface area (Å²) in [5.74, 6) is 2.74.